The number of ether oxygens (including phenoxy) is 1. The maximum Gasteiger partial charge on any atom is 0.324 e. The van der Waals surface area contributed by atoms with Gasteiger partial charge in [0.1, 0.15) is 23.1 Å². The van der Waals surface area contributed by atoms with Gasteiger partial charge in [-0.2, -0.15) is 5.10 Å². The highest BCUT2D eigenvalue weighted by Crippen LogP contribution is 2.35. The number of carbonyl (C=O) groups excluding carboxylic acids is 2. The molecule has 0 aliphatic carbocycles. The van der Waals surface area contributed by atoms with Gasteiger partial charge in [0.25, 0.3) is 0 Å². The predicted octanol–water partition coefficient (Wildman–Crippen LogP) is 8.48. The summed E-state index contributed by atoms with van der Waals surface area (Å²) >= 11 is 0. The highest BCUT2D eigenvalue weighted by molar-refractivity contribution is 6.07. The number of aromatic nitrogens is 3. The predicted molar refractivity (Wildman–Crippen MR) is 182 cm³/mol. The zero-order valence-corrected chi connectivity index (χ0v) is 26.6. The number of nitrogens with one attached hydrogen (secondary N) is 3. The molecule has 46 heavy (non-hydrogen) atoms. The van der Waals surface area contributed by atoms with Gasteiger partial charge >= 0.3 is 12.1 Å². The fourth-order valence-corrected chi connectivity index (χ4v) is 5.41. The summed E-state index contributed by atoms with van der Waals surface area (Å²) in [4.78, 5) is 32.2. The SMILES string of the molecule is Cc1ccc(-n2nc(C(C)(C)C)cc2NC(=O)Nc2ccc(Oc3ccnc(NC(=O)N4CCCCC4)c3)c3ccccc23)cc1. The van der Waals surface area contributed by atoms with E-state index in [9.17, 15) is 9.59 Å². The molecule has 5 aromatic rings. The number of aryl methyl sites for hydroxylation is 1. The number of carbonyl (C=O) groups is 2. The largest absolute Gasteiger partial charge is 0.457 e. The van der Waals surface area contributed by atoms with Crippen LogP contribution < -0.4 is 20.7 Å². The van der Waals surface area contributed by atoms with Crippen LogP contribution in [0.4, 0.5) is 26.9 Å². The van der Waals surface area contributed by atoms with Crippen molar-refractivity contribution in [2.75, 3.05) is 29.0 Å². The molecule has 1 fully saturated rings. The van der Waals surface area contributed by atoms with Gasteiger partial charge in [0.2, 0.25) is 0 Å². The number of benzene rings is 3. The lowest BCUT2D eigenvalue weighted by Gasteiger charge is -2.26. The Kier molecular flexibility index (Phi) is 8.61. The van der Waals surface area contributed by atoms with Crippen LogP contribution in [0.15, 0.2) is 85.1 Å². The van der Waals surface area contributed by atoms with Crippen molar-refractivity contribution in [2.45, 2.75) is 52.4 Å². The molecule has 6 rings (SSSR count). The highest BCUT2D eigenvalue weighted by Gasteiger charge is 2.22. The van der Waals surface area contributed by atoms with E-state index >= 15 is 0 Å². The molecule has 10 nitrogen and oxygen atoms in total. The minimum Gasteiger partial charge on any atom is -0.457 e. The summed E-state index contributed by atoms with van der Waals surface area (Å²) in [5.74, 6) is 2.13. The second-order valence-corrected chi connectivity index (χ2v) is 12.6. The van der Waals surface area contributed by atoms with Crippen LogP contribution in [0, 0.1) is 6.92 Å². The number of likely N-dealkylation sites (tertiary alicyclic amines) is 1. The second-order valence-electron chi connectivity index (χ2n) is 12.6. The van der Waals surface area contributed by atoms with Crippen molar-refractivity contribution < 1.29 is 14.3 Å². The zero-order chi connectivity index (χ0) is 32.3. The quantitative estimate of drug-likeness (QED) is 0.177. The molecule has 10 heteroatoms. The van der Waals surface area contributed by atoms with Crippen LogP contribution in [0.3, 0.4) is 0 Å². The van der Waals surface area contributed by atoms with Crippen LogP contribution in [0.1, 0.15) is 51.3 Å². The highest BCUT2D eigenvalue weighted by atomic mass is 16.5. The van der Waals surface area contributed by atoms with E-state index in [1.165, 1.54) is 0 Å². The topological polar surface area (TPSA) is 113 Å². The van der Waals surface area contributed by atoms with Gasteiger partial charge in [-0.3, -0.25) is 10.6 Å². The average Bonchev–Trinajstić information content (AvgIpc) is 3.47. The third-order valence-electron chi connectivity index (χ3n) is 7.97. The molecule has 1 saturated heterocycles. The molecule has 0 spiro atoms. The van der Waals surface area contributed by atoms with E-state index < -0.39 is 6.03 Å². The molecule has 236 valence electrons. The first kappa shape index (κ1) is 30.6. The van der Waals surface area contributed by atoms with E-state index in [2.05, 4.69) is 41.7 Å². The molecular formula is C36H39N7O3. The number of urea groups is 2. The molecule has 3 N–H and O–H groups in total. The Hall–Kier alpha value is -5.38. The number of pyridine rings is 1. The van der Waals surface area contributed by atoms with Crippen LogP contribution in [-0.2, 0) is 5.41 Å². The van der Waals surface area contributed by atoms with E-state index in [0.29, 0.717) is 28.8 Å². The number of fused-ring (bicyclic) bond motifs is 1. The summed E-state index contributed by atoms with van der Waals surface area (Å²) < 4.78 is 8.03. The van der Waals surface area contributed by atoms with E-state index in [-0.39, 0.29) is 11.4 Å². The Morgan fingerprint density at radius 1 is 0.826 bits per heavy atom. The summed E-state index contributed by atoms with van der Waals surface area (Å²) in [5.41, 5.74) is 3.28. The van der Waals surface area contributed by atoms with Crippen molar-refractivity contribution in [2.24, 2.45) is 0 Å². The Bertz CT molecular complexity index is 1870. The normalized spacial score (nSPS) is 13.3. The molecule has 0 saturated carbocycles. The van der Waals surface area contributed by atoms with Gasteiger partial charge in [-0.05, 0) is 56.5 Å². The number of nitrogens with zero attached hydrogens (tertiary/aromatic N) is 4. The fourth-order valence-electron chi connectivity index (χ4n) is 5.41. The van der Waals surface area contributed by atoms with Gasteiger partial charge in [0.05, 0.1) is 17.1 Å². The van der Waals surface area contributed by atoms with Crippen LogP contribution in [0.2, 0.25) is 0 Å². The van der Waals surface area contributed by atoms with Gasteiger partial charge in [-0.1, -0.05) is 62.7 Å². The van der Waals surface area contributed by atoms with Crippen molar-refractivity contribution in [1.29, 1.82) is 0 Å². The zero-order valence-electron chi connectivity index (χ0n) is 26.6. The maximum atomic E-state index is 13.4. The molecule has 1 aliphatic rings. The van der Waals surface area contributed by atoms with E-state index in [1.54, 1.807) is 23.0 Å². The molecule has 0 bridgehead atoms. The first-order valence-corrected chi connectivity index (χ1v) is 15.6. The molecule has 0 atom stereocenters. The number of hydrogen-bond donors (Lipinski definition) is 3. The fraction of sp³-hybridized carbons (Fsp3) is 0.278. The molecule has 1 aliphatic heterocycles. The van der Waals surface area contributed by atoms with Crippen molar-refractivity contribution in [3.8, 4) is 17.2 Å². The average molecular weight is 618 g/mol. The van der Waals surface area contributed by atoms with Crippen molar-refractivity contribution in [1.82, 2.24) is 19.7 Å². The van der Waals surface area contributed by atoms with Crippen molar-refractivity contribution >= 4 is 40.2 Å². The summed E-state index contributed by atoms with van der Waals surface area (Å²) in [6.07, 6.45) is 4.78. The third kappa shape index (κ3) is 6.96. The molecule has 0 unspecified atom stereocenters. The summed E-state index contributed by atoms with van der Waals surface area (Å²) in [6.45, 7) is 9.81. The van der Waals surface area contributed by atoms with Gasteiger partial charge < -0.3 is 15.0 Å². The van der Waals surface area contributed by atoms with Crippen LogP contribution in [-0.4, -0.2) is 44.8 Å². The minimum atomic E-state index is -0.393. The third-order valence-corrected chi connectivity index (χ3v) is 7.97. The number of amides is 4. The minimum absolute atomic E-state index is 0.153. The van der Waals surface area contributed by atoms with Crippen LogP contribution in [0.5, 0.6) is 11.5 Å². The van der Waals surface area contributed by atoms with Gasteiger partial charge in [0, 0.05) is 47.6 Å². The Balaban J connectivity index is 1.20. The molecule has 4 amide bonds. The van der Waals surface area contributed by atoms with Crippen LogP contribution in [0.25, 0.3) is 16.5 Å². The van der Waals surface area contributed by atoms with Gasteiger partial charge in [-0.25, -0.2) is 19.3 Å². The molecule has 3 heterocycles. The van der Waals surface area contributed by atoms with Gasteiger partial charge in [-0.15, -0.1) is 0 Å². The van der Waals surface area contributed by atoms with E-state index in [4.69, 9.17) is 9.84 Å². The maximum absolute atomic E-state index is 13.4. The lowest BCUT2D eigenvalue weighted by molar-refractivity contribution is 0.200. The number of piperidine rings is 1. The number of hydrogen-bond acceptors (Lipinski definition) is 5. The molecular weight excluding hydrogens is 578 g/mol. The van der Waals surface area contributed by atoms with Crippen LogP contribution >= 0.6 is 0 Å². The standard InChI is InChI=1S/C36H39N7O3/c1-24-12-14-25(15-13-24)43-33(23-31(41-43)36(2,3)4)40-34(44)38-29-16-17-30(28-11-7-6-10-27(28)29)46-26-18-19-37-32(22-26)39-35(45)42-20-8-5-9-21-42/h6-7,10-19,22-23H,5,8-9,20-21H2,1-4H3,(H,37,39,45)(H2,38,40,44). The number of rotatable bonds is 6. The Morgan fingerprint density at radius 3 is 2.30 bits per heavy atom. The number of anilines is 3. The monoisotopic (exact) mass is 617 g/mol. The molecule has 3 aromatic carbocycles. The van der Waals surface area contributed by atoms with Crippen molar-refractivity contribution in [3.63, 3.8) is 0 Å². The lowest BCUT2D eigenvalue weighted by atomic mass is 9.92. The van der Waals surface area contributed by atoms with Crippen molar-refractivity contribution in [3.05, 3.63) is 96.3 Å². The van der Waals surface area contributed by atoms with E-state index in [1.807, 2.05) is 78.6 Å². The second kappa shape index (κ2) is 12.9. The summed E-state index contributed by atoms with van der Waals surface area (Å²) in [5, 5.41) is 15.3. The molecule has 2 aromatic heterocycles. The van der Waals surface area contributed by atoms with E-state index in [0.717, 1.165) is 60.1 Å². The summed E-state index contributed by atoms with van der Waals surface area (Å²) in [7, 11) is 0. The Morgan fingerprint density at radius 2 is 1.57 bits per heavy atom. The Labute approximate surface area is 268 Å². The molecule has 0 radical (unpaired) electrons. The van der Waals surface area contributed by atoms with Gasteiger partial charge in [0.15, 0.2) is 0 Å². The smallest absolute Gasteiger partial charge is 0.324 e. The summed E-state index contributed by atoms with van der Waals surface area (Å²) in [6, 6.07) is 24.2. The lowest BCUT2D eigenvalue weighted by Crippen LogP contribution is -2.38. The first-order chi connectivity index (χ1) is 22.1. The first-order valence-electron chi connectivity index (χ1n) is 15.6.